The van der Waals surface area contributed by atoms with Crippen LogP contribution < -0.4 is 4.74 Å². The number of rotatable bonds is 6. The van der Waals surface area contributed by atoms with Crippen molar-refractivity contribution in [1.82, 2.24) is 9.80 Å². The lowest BCUT2D eigenvalue weighted by molar-refractivity contribution is -0.137. The number of nitrogens with zero attached hydrogens (tertiary/aromatic N) is 2. The third-order valence-electron chi connectivity index (χ3n) is 6.17. The zero-order chi connectivity index (χ0) is 22.0. The van der Waals surface area contributed by atoms with E-state index >= 15 is 0 Å². The summed E-state index contributed by atoms with van der Waals surface area (Å²) in [5.41, 5.74) is 3.00. The predicted octanol–water partition coefficient (Wildman–Crippen LogP) is 4.00. The molecule has 2 atom stereocenters. The van der Waals surface area contributed by atoms with Crippen LogP contribution in [-0.2, 0) is 16.0 Å². The van der Waals surface area contributed by atoms with Crippen molar-refractivity contribution in [2.24, 2.45) is 11.8 Å². The van der Waals surface area contributed by atoms with Gasteiger partial charge in [0.2, 0.25) is 0 Å². The Morgan fingerprint density at radius 1 is 0.903 bits per heavy atom. The first-order chi connectivity index (χ1) is 15.0. The molecule has 2 aliphatic heterocycles. The van der Waals surface area contributed by atoms with Crippen molar-refractivity contribution in [2.75, 3.05) is 26.7 Å². The topological polar surface area (TPSA) is 49.9 Å². The van der Waals surface area contributed by atoms with E-state index in [0.717, 1.165) is 36.4 Å². The van der Waals surface area contributed by atoms with E-state index in [1.54, 1.807) is 7.11 Å². The number of likely N-dealkylation sites (tertiary alicyclic amines) is 1. The quantitative estimate of drug-likeness (QED) is 0.666. The summed E-state index contributed by atoms with van der Waals surface area (Å²) in [5, 5.41) is 0. The molecule has 2 aromatic carbocycles. The highest BCUT2D eigenvalue weighted by Crippen LogP contribution is 2.35. The van der Waals surface area contributed by atoms with Crippen LogP contribution in [0.2, 0.25) is 0 Å². The highest BCUT2D eigenvalue weighted by molar-refractivity contribution is 6.35. The van der Waals surface area contributed by atoms with Crippen molar-refractivity contribution in [3.8, 4) is 5.75 Å². The summed E-state index contributed by atoms with van der Waals surface area (Å²) in [4.78, 5) is 30.5. The maximum Gasteiger partial charge on any atom is 0.277 e. The van der Waals surface area contributed by atoms with Crippen molar-refractivity contribution in [3.05, 3.63) is 71.4 Å². The smallest absolute Gasteiger partial charge is 0.277 e. The van der Waals surface area contributed by atoms with E-state index in [1.165, 1.54) is 4.90 Å². The molecule has 0 aliphatic carbocycles. The maximum atomic E-state index is 13.5. The fraction of sp³-hybridized carbons (Fsp3) is 0.385. The van der Waals surface area contributed by atoms with Gasteiger partial charge in [0.15, 0.2) is 0 Å². The molecule has 162 valence electrons. The minimum absolute atomic E-state index is 0.168. The van der Waals surface area contributed by atoms with E-state index in [4.69, 9.17) is 4.74 Å². The fourth-order valence-corrected chi connectivity index (χ4v) is 4.80. The van der Waals surface area contributed by atoms with Crippen LogP contribution in [0.1, 0.15) is 31.4 Å². The first-order valence-electron chi connectivity index (χ1n) is 11.0. The molecule has 2 aliphatic rings. The number of amides is 2. The highest BCUT2D eigenvalue weighted by atomic mass is 16.5. The highest BCUT2D eigenvalue weighted by Gasteiger charge is 2.42. The van der Waals surface area contributed by atoms with Crippen LogP contribution in [0.25, 0.3) is 5.57 Å². The van der Waals surface area contributed by atoms with Crippen LogP contribution in [-0.4, -0.2) is 48.4 Å². The number of carbonyl (C=O) groups is 2. The van der Waals surface area contributed by atoms with Gasteiger partial charge in [-0.2, -0.15) is 0 Å². The molecule has 5 nitrogen and oxygen atoms in total. The largest absolute Gasteiger partial charge is 0.497 e. The van der Waals surface area contributed by atoms with E-state index in [2.05, 4.69) is 18.7 Å². The Morgan fingerprint density at radius 3 is 2.16 bits per heavy atom. The van der Waals surface area contributed by atoms with Crippen LogP contribution in [0.4, 0.5) is 0 Å². The second-order valence-electron chi connectivity index (χ2n) is 8.80. The van der Waals surface area contributed by atoms with Gasteiger partial charge in [0.05, 0.1) is 12.7 Å². The van der Waals surface area contributed by atoms with E-state index in [0.29, 0.717) is 36.1 Å². The zero-order valence-electron chi connectivity index (χ0n) is 18.5. The first kappa shape index (κ1) is 21.2. The Balaban J connectivity index is 1.62. The van der Waals surface area contributed by atoms with Crippen LogP contribution in [0.3, 0.4) is 0 Å². The molecule has 2 amide bonds. The second-order valence-corrected chi connectivity index (χ2v) is 8.80. The molecule has 1 fully saturated rings. The molecular weight excluding hydrogens is 388 g/mol. The third-order valence-corrected chi connectivity index (χ3v) is 6.17. The molecule has 5 heteroatoms. The number of carbonyl (C=O) groups excluding carboxylic acids is 2. The summed E-state index contributed by atoms with van der Waals surface area (Å²) in [6.07, 6.45) is 1.76. The van der Waals surface area contributed by atoms with Gasteiger partial charge < -0.3 is 9.64 Å². The van der Waals surface area contributed by atoms with Crippen LogP contribution >= 0.6 is 0 Å². The van der Waals surface area contributed by atoms with Gasteiger partial charge in [0.25, 0.3) is 11.8 Å². The van der Waals surface area contributed by atoms with Crippen LogP contribution in [0.15, 0.2) is 60.3 Å². The van der Waals surface area contributed by atoms with E-state index in [-0.39, 0.29) is 11.8 Å². The average molecular weight is 419 g/mol. The molecule has 0 bridgehead atoms. The molecule has 2 unspecified atom stereocenters. The standard InChI is InChI=1S/C26H30N2O3/c1-18-15-19(2)17-27(16-18)24-23(21-7-5-4-6-8-21)25(29)28(26(24)30)14-13-20-9-11-22(31-3)12-10-20/h4-12,18-19H,13-17H2,1-3H3. The lowest BCUT2D eigenvalue weighted by Crippen LogP contribution is -2.42. The molecule has 0 aromatic heterocycles. The van der Waals surface area contributed by atoms with E-state index in [1.807, 2.05) is 54.6 Å². The monoisotopic (exact) mass is 418 g/mol. The Kier molecular flexibility index (Phi) is 6.12. The summed E-state index contributed by atoms with van der Waals surface area (Å²) >= 11 is 0. The van der Waals surface area contributed by atoms with Gasteiger partial charge in [-0.25, -0.2) is 0 Å². The summed E-state index contributed by atoms with van der Waals surface area (Å²) in [6.45, 7) is 6.41. The Morgan fingerprint density at radius 2 is 1.55 bits per heavy atom. The maximum absolute atomic E-state index is 13.5. The van der Waals surface area contributed by atoms with E-state index < -0.39 is 0 Å². The van der Waals surface area contributed by atoms with Gasteiger partial charge in [-0.05, 0) is 47.9 Å². The summed E-state index contributed by atoms with van der Waals surface area (Å²) in [5.74, 6) is 1.42. The lowest BCUT2D eigenvalue weighted by Gasteiger charge is -2.37. The van der Waals surface area contributed by atoms with Crippen LogP contribution in [0.5, 0.6) is 5.75 Å². The zero-order valence-corrected chi connectivity index (χ0v) is 18.5. The first-order valence-corrected chi connectivity index (χ1v) is 11.0. The number of methoxy groups -OCH3 is 1. The van der Waals surface area contributed by atoms with Crippen molar-refractivity contribution < 1.29 is 14.3 Å². The number of benzene rings is 2. The number of imide groups is 1. The Bertz CT molecular complexity index is 971. The molecule has 0 saturated carbocycles. The third kappa shape index (κ3) is 4.36. The molecule has 0 radical (unpaired) electrons. The SMILES string of the molecule is COc1ccc(CCN2C(=O)C(c3ccccc3)=C(N3CC(C)CC(C)C3)C2=O)cc1. The van der Waals surface area contributed by atoms with Gasteiger partial charge >= 0.3 is 0 Å². The van der Waals surface area contributed by atoms with Gasteiger partial charge in [0, 0.05) is 19.6 Å². The Hall–Kier alpha value is -3.08. The predicted molar refractivity (Wildman–Crippen MR) is 121 cm³/mol. The molecule has 2 aromatic rings. The van der Waals surface area contributed by atoms with Gasteiger partial charge in [-0.15, -0.1) is 0 Å². The van der Waals surface area contributed by atoms with Crippen LogP contribution in [0, 0.1) is 11.8 Å². The summed E-state index contributed by atoms with van der Waals surface area (Å²) in [6, 6.07) is 17.4. The van der Waals surface area contributed by atoms with Crippen molar-refractivity contribution >= 4 is 17.4 Å². The average Bonchev–Trinajstić information content (AvgIpc) is 3.02. The molecule has 2 heterocycles. The molecule has 4 rings (SSSR count). The molecular formula is C26H30N2O3. The number of piperidine rings is 1. The Labute approximate surface area is 184 Å². The van der Waals surface area contributed by atoms with Crippen molar-refractivity contribution in [1.29, 1.82) is 0 Å². The summed E-state index contributed by atoms with van der Waals surface area (Å²) in [7, 11) is 1.64. The fourth-order valence-electron chi connectivity index (χ4n) is 4.80. The van der Waals surface area contributed by atoms with E-state index in [9.17, 15) is 9.59 Å². The van der Waals surface area contributed by atoms with Gasteiger partial charge in [-0.1, -0.05) is 56.3 Å². The minimum atomic E-state index is -0.189. The summed E-state index contributed by atoms with van der Waals surface area (Å²) < 4.78 is 5.21. The number of hydrogen-bond acceptors (Lipinski definition) is 4. The molecule has 0 N–H and O–H groups in total. The second kappa shape index (κ2) is 8.96. The minimum Gasteiger partial charge on any atom is -0.497 e. The molecule has 31 heavy (non-hydrogen) atoms. The normalized spacial score (nSPS) is 21.8. The number of hydrogen-bond donors (Lipinski definition) is 0. The molecule has 1 saturated heterocycles. The lowest BCUT2D eigenvalue weighted by atomic mass is 9.91. The number of ether oxygens (including phenoxy) is 1. The van der Waals surface area contributed by atoms with Gasteiger partial charge in [0.1, 0.15) is 11.4 Å². The van der Waals surface area contributed by atoms with Gasteiger partial charge in [-0.3, -0.25) is 14.5 Å². The van der Waals surface area contributed by atoms with Crippen molar-refractivity contribution in [3.63, 3.8) is 0 Å². The van der Waals surface area contributed by atoms with Crippen molar-refractivity contribution in [2.45, 2.75) is 26.7 Å². The molecule has 0 spiro atoms.